The highest BCUT2D eigenvalue weighted by atomic mass is 16.2. The van der Waals surface area contributed by atoms with Gasteiger partial charge in [-0.15, -0.1) is 0 Å². The first-order chi connectivity index (χ1) is 10.9. The predicted octanol–water partition coefficient (Wildman–Crippen LogP) is 2.66. The van der Waals surface area contributed by atoms with Gasteiger partial charge in [-0.3, -0.25) is 4.79 Å². The summed E-state index contributed by atoms with van der Waals surface area (Å²) in [5, 5.41) is 3.08. The number of nitrogens with two attached hydrogens (primary N) is 1. The van der Waals surface area contributed by atoms with E-state index in [0.717, 1.165) is 24.9 Å². The van der Waals surface area contributed by atoms with Crippen molar-refractivity contribution in [2.45, 2.75) is 46.1 Å². The molecule has 0 aliphatic carbocycles. The molecule has 0 saturated carbocycles. The van der Waals surface area contributed by atoms with Crippen molar-refractivity contribution in [1.29, 1.82) is 0 Å². The minimum atomic E-state index is -0.291. The number of nitrogens with zero attached hydrogens (tertiary/aromatic N) is 1. The summed E-state index contributed by atoms with van der Waals surface area (Å²) in [5.74, 6) is -0.107. The van der Waals surface area contributed by atoms with Crippen LogP contribution in [-0.2, 0) is 4.79 Å². The number of likely N-dealkylation sites (tertiary alicyclic amines) is 1. The number of aryl methyl sites for hydroxylation is 2. The third-order valence-electron chi connectivity index (χ3n) is 4.54. The molecule has 5 nitrogen and oxygen atoms in total. The second-order valence-corrected chi connectivity index (χ2v) is 6.66. The van der Waals surface area contributed by atoms with Gasteiger partial charge in [0.2, 0.25) is 5.91 Å². The summed E-state index contributed by atoms with van der Waals surface area (Å²) in [4.78, 5) is 25.4. The first kappa shape index (κ1) is 17.3. The molecular weight excluding hydrogens is 290 g/mol. The van der Waals surface area contributed by atoms with Crippen molar-refractivity contribution in [2.75, 3.05) is 13.1 Å². The molecular formula is C18H27N3O2. The number of rotatable bonds is 4. The maximum atomic E-state index is 12.5. The molecule has 0 aromatic heterocycles. The number of nitrogens with one attached hydrogen (secondary N) is 1. The Hall–Kier alpha value is -2.04. The van der Waals surface area contributed by atoms with Gasteiger partial charge in [0.25, 0.3) is 0 Å². The first-order valence-corrected chi connectivity index (χ1v) is 8.27. The zero-order chi connectivity index (χ0) is 17.0. The smallest absolute Gasteiger partial charge is 0.317 e. The van der Waals surface area contributed by atoms with Gasteiger partial charge in [-0.05, 0) is 50.7 Å². The molecule has 0 radical (unpaired) electrons. The van der Waals surface area contributed by atoms with Gasteiger partial charge >= 0.3 is 6.03 Å². The van der Waals surface area contributed by atoms with Crippen LogP contribution < -0.4 is 11.1 Å². The Morgan fingerprint density at radius 2 is 2.13 bits per heavy atom. The minimum absolute atomic E-state index is 0.0427. The average Bonchev–Trinajstić information content (AvgIpc) is 2.49. The Bertz CT molecular complexity index is 586. The summed E-state index contributed by atoms with van der Waals surface area (Å²) in [6, 6.07) is 6.17. The van der Waals surface area contributed by atoms with Crippen LogP contribution in [0.3, 0.4) is 0 Å². The lowest BCUT2D eigenvalue weighted by Crippen LogP contribution is -2.46. The molecule has 3 amide bonds. The quantitative estimate of drug-likeness (QED) is 0.896. The molecule has 0 unspecified atom stereocenters. The van der Waals surface area contributed by atoms with Crippen LogP contribution >= 0.6 is 0 Å². The van der Waals surface area contributed by atoms with Crippen molar-refractivity contribution in [3.63, 3.8) is 0 Å². The zero-order valence-electron chi connectivity index (χ0n) is 14.3. The molecule has 1 aliphatic heterocycles. The fourth-order valence-corrected chi connectivity index (χ4v) is 3.28. The van der Waals surface area contributed by atoms with E-state index in [0.29, 0.717) is 13.0 Å². The molecule has 1 aliphatic rings. The molecule has 5 heteroatoms. The van der Waals surface area contributed by atoms with Crippen molar-refractivity contribution in [2.24, 2.45) is 11.7 Å². The second-order valence-electron chi connectivity index (χ2n) is 6.66. The summed E-state index contributed by atoms with van der Waals surface area (Å²) >= 11 is 0. The fourth-order valence-electron chi connectivity index (χ4n) is 3.28. The lowest BCUT2D eigenvalue weighted by atomic mass is 9.94. The van der Waals surface area contributed by atoms with Crippen molar-refractivity contribution < 1.29 is 9.59 Å². The van der Waals surface area contributed by atoms with Crippen LogP contribution in [0.2, 0.25) is 0 Å². The molecule has 1 aromatic carbocycles. The summed E-state index contributed by atoms with van der Waals surface area (Å²) in [7, 11) is 0. The van der Waals surface area contributed by atoms with E-state index < -0.39 is 0 Å². The lowest BCUT2D eigenvalue weighted by Gasteiger charge is -2.33. The highest BCUT2D eigenvalue weighted by Gasteiger charge is 2.25. The molecule has 0 bridgehead atoms. The number of amides is 3. The van der Waals surface area contributed by atoms with E-state index in [1.807, 2.05) is 6.92 Å². The van der Waals surface area contributed by atoms with Crippen molar-refractivity contribution >= 4 is 11.9 Å². The molecule has 1 saturated heterocycles. The van der Waals surface area contributed by atoms with Crippen molar-refractivity contribution in [1.82, 2.24) is 10.2 Å². The van der Waals surface area contributed by atoms with Crippen LogP contribution in [0.5, 0.6) is 0 Å². The van der Waals surface area contributed by atoms with E-state index in [-0.39, 0.29) is 23.9 Å². The van der Waals surface area contributed by atoms with Crippen LogP contribution in [-0.4, -0.2) is 29.9 Å². The number of benzene rings is 1. The summed E-state index contributed by atoms with van der Waals surface area (Å²) in [5.41, 5.74) is 8.78. The standard InChI is InChI=1S/C18H27N3O2/c1-12-6-7-13(2)16(9-12)14(3)20-18(23)21-8-4-5-15(11-21)10-17(19)22/h6-7,9,14-15H,4-5,8,10-11H2,1-3H3,(H2,19,22)(H,20,23)/t14-,15-/m0/s1. The van der Waals surface area contributed by atoms with Gasteiger partial charge in [-0.2, -0.15) is 0 Å². The van der Waals surface area contributed by atoms with Crippen LogP contribution in [0.15, 0.2) is 18.2 Å². The zero-order valence-corrected chi connectivity index (χ0v) is 14.3. The monoisotopic (exact) mass is 317 g/mol. The highest BCUT2D eigenvalue weighted by Crippen LogP contribution is 2.22. The Balaban J connectivity index is 1.97. The number of primary amides is 1. The molecule has 1 aromatic rings. The maximum Gasteiger partial charge on any atom is 0.317 e. The minimum Gasteiger partial charge on any atom is -0.370 e. The Kier molecular flexibility index (Phi) is 5.64. The normalized spacial score (nSPS) is 19.3. The topological polar surface area (TPSA) is 75.4 Å². The van der Waals surface area contributed by atoms with E-state index in [2.05, 4.69) is 37.4 Å². The van der Waals surface area contributed by atoms with E-state index >= 15 is 0 Å². The molecule has 2 atom stereocenters. The van der Waals surface area contributed by atoms with Crippen molar-refractivity contribution in [3.8, 4) is 0 Å². The first-order valence-electron chi connectivity index (χ1n) is 8.27. The molecule has 23 heavy (non-hydrogen) atoms. The average molecular weight is 317 g/mol. The van der Waals surface area contributed by atoms with Crippen LogP contribution in [0, 0.1) is 19.8 Å². The largest absolute Gasteiger partial charge is 0.370 e. The van der Waals surface area contributed by atoms with E-state index in [4.69, 9.17) is 5.73 Å². The molecule has 1 fully saturated rings. The van der Waals surface area contributed by atoms with Gasteiger partial charge < -0.3 is 16.0 Å². The van der Waals surface area contributed by atoms with E-state index in [9.17, 15) is 9.59 Å². The van der Waals surface area contributed by atoms with Gasteiger partial charge in [-0.25, -0.2) is 4.79 Å². The molecule has 3 N–H and O–H groups in total. The van der Waals surface area contributed by atoms with Crippen molar-refractivity contribution in [3.05, 3.63) is 34.9 Å². The van der Waals surface area contributed by atoms with Gasteiger partial charge in [0.15, 0.2) is 0 Å². The van der Waals surface area contributed by atoms with Crippen LogP contribution in [0.25, 0.3) is 0 Å². The lowest BCUT2D eigenvalue weighted by molar-refractivity contribution is -0.119. The number of urea groups is 1. The number of hydrogen-bond donors (Lipinski definition) is 2. The third kappa shape index (κ3) is 4.71. The number of hydrogen-bond acceptors (Lipinski definition) is 2. The van der Waals surface area contributed by atoms with Crippen LogP contribution in [0.4, 0.5) is 4.79 Å². The summed E-state index contributed by atoms with van der Waals surface area (Å²) in [6.07, 6.45) is 2.23. The fraction of sp³-hybridized carbons (Fsp3) is 0.556. The number of piperidine rings is 1. The third-order valence-corrected chi connectivity index (χ3v) is 4.54. The highest BCUT2D eigenvalue weighted by molar-refractivity contribution is 5.76. The molecule has 1 heterocycles. The van der Waals surface area contributed by atoms with Crippen LogP contribution in [0.1, 0.15) is 48.9 Å². The molecule has 0 spiro atoms. The molecule has 2 rings (SSSR count). The predicted molar refractivity (Wildman–Crippen MR) is 91.0 cm³/mol. The SMILES string of the molecule is Cc1ccc(C)c([C@H](C)NC(=O)N2CCC[C@@H](CC(N)=O)C2)c1. The van der Waals surface area contributed by atoms with Gasteiger partial charge in [0.05, 0.1) is 6.04 Å². The Labute approximate surface area is 138 Å². The van der Waals surface area contributed by atoms with E-state index in [1.54, 1.807) is 4.90 Å². The number of carbonyl (C=O) groups is 2. The van der Waals surface area contributed by atoms with E-state index in [1.165, 1.54) is 11.1 Å². The van der Waals surface area contributed by atoms with Gasteiger partial charge in [-0.1, -0.05) is 23.8 Å². The summed E-state index contributed by atoms with van der Waals surface area (Å²) in [6.45, 7) is 7.46. The maximum absolute atomic E-state index is 12.5. The molecule has 126 valence electrons. The van der Waals surface area contributed by atoms with Gasteiger partial charge in [0.1, 0.15) is 0 Å². The Morgan fingerprint density at radius 1 is 1.39 bits per heavy atom. The number of carbonyl (C=O) groups excluding carboxylic acids is 2. The second kappa shape index (κ2) is 7.49. The Morgan fingerprint density at radius 3 is 2.83 bits per heavy atom. The van der Waals surface area contributed by atoms with Gasteiger partial charge in [0, 0.05) is 19.5 Å². The summed E-state index contributed by atoms with van der Waals surface area (Å²) < 4.78 is 0.